The minimum absolute atomic E-state index is 0.0875. The maximum Gasteiger partial charge on any atom is 0.218 e. The van der Waals surface area contributed by atoms with Crippen LogP contribution in [0.15, 0.2) is 35.4 Å². The van der Waals surface area contributed by atoms with Crippen LogP contribution in [0.2, 0.25) is 0 Å². The molecule has 6 nitrogen and oxygen atoms in total. The lowest BCUT2D eigenvalue weighted by Crippen LogP contribution is -2.48. The first kappa shape index (κ1) is 20.0. The molecule has 27 heavy (non-hydrogen) atoms. The standard InChI is InChI=1S/C20H29N3O3S/c1-2-6-15(18-8-3-4-13-23(18)21)11-14-27(25,26)19-9-5-7-17-16(19)10-12-22-20(17)24/h5,7,9-10,12,15,18H,2-4,6,8,11,13-14,21H2,1H3,(H,22,24). The van der Waals surface area contributed by atoms with E-state index in [1.54, 1.807) is 24.3 Å². The molecule has 2 unspecified atom stereocenters. The summed E-state index contributed by atoms with van der Waals surface area (Å²) >= 11 is 0. The molecule has 7 heteroatoms. The van der Waals surface area contributed by atoms with Crippen LogP contribution in [0.4, 0.5) is 0 Å². The lowest BCUT2D eigenvalue weighted by molar-refractivity contribution is 0.0937. The fourth-order valence-electron chi connectivity index (χ4n) is 4.24. The molecule has 3 rings (SSSR count). The molecule has 0 spiro atoms. The van der Waals surface area contributed by atoms with Gasteiger partial charge < -0.3 is 5.11 Å². The second-order valence-corrected chi connectivity index (χ2v) is 9.52. The van der Waals surface area contributed by atoms with E-state index in [1.165, 1.54) is 6.20 Å². The van der Waals surface area contributed by atoms with Crippen molar-refractivity contribution in [3.8, 4) is 5.88 Å². The van der Waals surface area contributed by atoms with Gasteiger partial charge in [0, 0.05) is 29.6 Å². The molecule has 148 valence electrons. The zero-order valence-electron chi connectivity index (χ0n) is 15.8. The molecule has 1 aliphatic heterocycles. The van der Waals surface area contributed by atoms with Crippen molar-refractivity contribution in [3.05, 3.63) is 30.5 Å². The Morgan fingerprint density at radius 2 is 2.07 bits per heavy atom. The Morgan fingerprint density at radius 1 is 1.26 bits per heavy atom. The second kappa shape index (κ2) is 8.54. The highest BCUT2D eigenvalue weighted by atomic mass is 32.2. The van der Waals surface area contributed by atoms with Crippen LogP contribution < -0.4 is 5.84 Å². The van der Waals surface area contributed by atoms with Crippen molar-refractivity contribution >= 4 is 20.6 Å². The molecular weight excluding hydrogens is 362 g/mol. The molecule has 3 N–H and O–H groups in total. The van der Waals surface area contributed by atoms with E-state index in [1.807, 2.05) is 5.01 Å². The summed E-state index contributed by atoms with van der Waals surface area (Å²) in [6.45, 7) is 3.01. The van der Waals surface area contributed by atoms with Gasteiger partial charge in [0.15, 0.2) is 9.84 Å². The Bertz CT molecular complexity index is 885. The number of hydrogen-bond donors (Lipinski definition) is 2. The number of aromatic hydroxyl groups is 1. The number of sulfone groups is 1. The normalized spacial score (nSPS) is 20.0. The third kappa shape index (κ3) is 4.42. The van der Waals surface area contributed by atoms with E-state index < -0.39 is 9.84 Å². The van der Waals surface area contributed by atoms with Gasteiger partial charge in [-0.15, -0.1) is 0 Å². The molecule has 0 amide bonds. The molecule has 1 aromatic carbocycles. The van der Waals surface area contributed by atoms with Gasteiger partial charge in [-0.1, -0.05) is 25.8 Å². The van der Waals surface area contributed by atoms with Crippen LogP contribution in [0.5, 0.6) is 5.88 Å². The number of rotatable bonds is 7. The summed E-state index contributed by atoms with van der Waals surface area (Å²) in [7, 11) is -3.47. The van der Waals surface area contributed by atoms with Gasteiger partial charge in [-0.3, -0.25) is 5.84 Å². The van der Waals surface area contributed by atoms with Gasteiger partial charge in [-0.05, 0) is 49.8 Å². The van der Waals surface area contributed by atoms with E-state index in [4.69, 9.17) is 5.84 Å². The van der Waals surface area contributed by atoms with Gasteiger partial charge in [0.05, 0.1) is 10.6 Å². The molecule has 1 aliphatic rings. The van der Waals surface area contributed by atoms with Gasteiger partial charge in [-0.2, -0.15) is 0 Å². The van der Waals surface area contributed by atoms with Gasteiger partial charge in [0.2, 0.25) is 5.88 Å². The highest BCUT2D eigenvalue weighted by molar-refractivity contribution is 7.91. The number of hydrogen-bond acceptors (Lipinski definition) is 6. The molecule has 0 saturated carbocycles. The summed E-state index contributed by atoms with van der Waals surface area (Å²) in [6, 6.07) is 6.86. The molecule has 2 atom stereocenters. The summed E-state index contributed by atoms with van der Waals surface area (Å²) in [5.74, 6) is 6.42. The van der Waals surface area contributed by atoms with E-state index in [9.17, 15) is 13.5 Å². The smallest absolute Gasteiger partial charge is 0.218 e. The predicted molar refractivity (Wildman–Crippen MR) is 107 cm³/mol. The van der Waals surface area contributed by atoms with Crippen LogP contribution in [0.3, 0.4) is 0 Å². The third-order valence-corrected chi connectivity index (χ3v) is 7.43. The van der Waals surface area contributed by atoms with E-state index in [-0.39, 0.29) is 28.5 Å². The van der Waals surface area contributed by atoms with Gasteiger partial charge in [-0.25, -0.2) is 18.4 Å². The number of fused-ring (bicyclic) bond motifs is 1. The maximum absolute atomic E-state index is 13.1. The highest BCUT2D eigenvalue weighted by Gasteiger charge is 2.29. The van der Waals surface area contributed by atoms with E-state index >= 15 is 0 Å². The van der Waals surface area contributed by atoms with E-state index in [0.29, 0.717) is 17.2 Å². The Kier molecular flexibility index (Phi) is 6.34. The first-order valence-electron chi connectivity index (χ1n) is 9.75. The number of aromatic nitrogens is 1. The summed E-state index contributed by atoms with van der Waals surface area (Å²) in [6.07, 6.45) is 7.33. The van der Waals surface area contributed by atoms with Crippen LogP contribution in [0.25, 0.3) is 10.8 Å². The maximum atomic E-state index is 13.1. The largest absolute Gasteiger partial charge is 0.493 e. The van der Waals surface area contributed by atoms with E-state index in [0.717, 1.165) is 38.6 Å². The SMILES string of the molecule is CCCC(CCS(=O)(=O)c1cccc2c(O)nccc12)C1CCCCN1N. The first-order chi connectivity index (χ1) is 12.9. The summed E-state index contributed by atoms with van der Waals surface area (Å²) < 4.78 is 26.2. The number of pyridine rings is 1. The molecule has 2 aromatic rings. The lowest BCUT2D eigenvalue weighted by atomic mass is 9.86. The molecule has 1 saturated heterocycles. The second-order valence-electron chi connectivity index (χ2n) is 7.44. The molecule has 0 aliphatic carbocycles. The Labute approximate surface area is 161 Å². The molecule has 2 heterocycles. The molecule has 1 fully saturated rings. The Hall–Kier alpha value is -1.70. The number of benzene rings is 1. The van der Waals surface area contributed by atoms with Crippen LogP contribution >= 0.6 is 0 Å². The molecular formula is C20H29N3O3S. The van der Waals surface area contributed by atoms with Crippen LogP contribution in [-0.2, 0) is 9.84 Å². The highest BCUT2D eigenvalue weighted by Crippen LogP contribution is 2.31. The van der Waals surface area contributed by atoms with Crippen molar-refractivity contribution in [2.75, 3.05) is 12.3 Å². The number of hydrazine groups is 1. The van der Waals surface area contributed by atoms with Gasteiger partial charge in [0.25, 0.3) is 0 Å². The lowest BCUT2D eigenvalue weighted by Gasteiger charge is -2.37. The van der Waals surface area contributed by atoms with Crippen LogP contribution in [0, 0.1) is 5.92 Å². The molecule has 0 radical (unpaired) electrons. The van der Waals surface area contributed by atoms with Gasteiger partial charge in [0.1, 0.15) is 0 Å². The number of piperidine rings is 1. The van der Waals surface area contributed by atoms with Crippen LogP contribution in [0.1, 0.15) is 45.4 Å². The zero-order chi connectivity index (χ0) is 19.4. The van der Waals surface area contributed by atoms with E-state index in [2.05, 4.69) is 11.9 Å². The zero-order valence-corrected chi connectivity index (χ0v) is 16.7. The summed E-state index contributed by atoms with van der Waals surface area (Å²) in [5.41, 5.74) is 0. The molecule has 0 bridgehead atoms. The number of nitrogens with zero attached hydrogens (tertiary/aromatic N) is 2. The minimum Gasteiger partial charge on any atom is -0.493 e. The average molecular weight is 392 g/mol. The Morgan fingerprint density at radius 3 is 2.81 bits per heavy atom. The van der Waals surface area contributed by atoms with Crippen molar-refractivity contribution < 1.29 is 13.5 Å². The minimum atomic E-state index is -3.47. The fourth-order valence-corrected chi connectivity index (χ4v) is 5.87. The summed E-state index contributed by atoms with van der Waals surface area (Å²) in [4.78, 5) is 4.10. The van der Waals surface area contributed by atoms with Crippen molar-refractivity contribution in [2.24, 2.45) is 11.8 Å². The first-order valence-corrected chi connectivity index (χ1v) is 11.4. The molecule has 1 aromatic heterocycles. The van der Waals surface area contributed by atoms with Crippen LogP contribution in [-0.4, -0.2) is 41.9 Å². The Balaban J connectivity index is 1.82. The third-order valence-electron chi connectivity index (χ3n) is 5.63. The quantitative estimate of drug-likeness (QED) is 0.703. The topological polar surface area (TPSA) is 96.5 Å². The van der Waals surface area contributed by atoms with Crippen molar-refractivity contribution in [1.82, 2.24) is 9.99 Å². The summed E-state index contributed by atoms with van der Waals surface area (Å²) in [5, 5.41) is 12.8. The monoisotopic (exact) mass is 391 g/mol. The van der Waals surface area contributed by atoms with Crippen molar-refractivity contribution in [1.29, 1.82) is 0 Å². The van der Waals surface area contributed by atoms with Crippen molar-refractivity contribution in [3.63, 3.8) is 0 Å². The average Bonchev–Trinajstić information content (AvgIpc) is 2.66. The fraction of sp³-hybridized carbons (Fsp3) is 0.550. The van der Waals surface area contributed by atoms with Crippen molar-refractivity contribution in [2.45, 2.75) is 56.4 Å². The predicted octanol–water partition coefficient (Wildman–Crippen LogP) is 3.25. The number of nitrogens with two attached hydrogens (primary N) is 1. The van der Waals surface area contributed by atoms with Gasteiger partial charge >= 0.3 is 0 Å².